The van der Waals surface area contributed by atoms with Crippen LogP contribution in [-0.4, -0.2) is 10.1 Å². The third-order valence-electron chi connectivity index (χ3n) is 1.39. The number of thioether (sulfide) groups is 1. The van der Waals surface area contributed by atoms with E-state index in [1.807, 2.05) is 0 Å². The maximum Gasteiger partial charge on any atom is 0.125 e. The Kier molecular flexibility index (Phi) is 3.41. The molecule has 5 N–H and O–H groups in total. The number of nitrogens with two attached hydrogens (primary N) is 2. The molecule has 1 aromatic rings. The van der Waals surface area contributed by atoms with Gasteiger partial charge in [-0.1, -0.05) is 11.8 Å². The first kappa shape index (κ1) is 11.4. The molecule has 78 valence electrons. The van der Waals surface area contributed by atoms with Crippen LogP contribution in [0.25, 0.3) is 0 Å². The van der Waals surface area contributed by atoms with Gasteiger partial charge >= 0.3 is 0 Å². The molecule has 0 aromatic carbocycles. The molecule has 1 rings (SSSR count). The summed E-state index contributed by atoms with van der Waals surface area (Å²) in [6.07, 6.45) is 3.02. The molecule has 6 heteroatoms. The lowest BCUT2D eigenvalue weighted by Crippen LogP contribution is -2.14. The summed E-state index contributed by atoms with van der Waals surface area (Å²) in [5.74, 6) is 0. The average Bonchev–Trinajstić information content (AvgIpc) is 2.51. The van der Waals surface area contributed by atoms with Gasteiger partial charge in [0.25, 0.3) is 0 Å². The maximum atomic E-state index is 9.66. The van der Waals surface area contributed by atoms with E-state index in [9.17, 15) is 5.11 Å². The van der Waals surface area contributed by atoms with Crippen molar-refractivity contribution in [1.82, 2.24) is 4.98 Å². The number of nitrogens with zero attached hydrogens (tertiary/aromatic N) is 1. The summed E-state index contributed by atoms with van der Waals surface area (Å²) >= 11 is 2.75. The van der Waals surface area contributed by atoms with Gasteiger partial charge in [-0.15, -0.1) is 11.3 Å². The highest BCUT2D eigenvalue weighted by Gasteiger charge is 2.20. The standard InChI is InChI=1S/C8H13N3OS2/c1-8(2,12)7-11-4-6(14-7)13-5(10)3-9/h3-4,12H,9-10H2,1-2H3/b5-3+. The first-order valence-electron chi connectivity index (χ1n) is 3.97. The van der Waals surface area contributed by atoms with Crippen molar-refractivity contribution in [1.29, 1.82) is 0 Å². The van der Waals surface area contributed by atoms with Crippen molar-refractivity contribution in [2.75, 3.05) is 0 Å². The van der Waals surface area contributed by atoms with Crippen LogP contribution in [0.2, 0.25) is 0 Å². The quantitative estimate of drug-likeness (QED) is 0.680. The van der Waals surface area contributed by atoms with E-state index >= 15 is 0 Å². The molecule has 0 bridgehead atoms. The molecule has 4 nitrogen and oxygen atoms in total. The van der Waals surface area contributed by atoms with Gasteiger partial charge in [-0.05, 0) is 13.8 Å². The summed E-state index contributed by atoms with van der Waals surface area (Å²) in [5, 5.41) is 10.9. The zero-order valence-electron chi connectivity index (χ0n) is 8.02. The van der Waals surface area contributed by atoms with Crippen LogP contribution in [0.5, 0.6) is 0 Å². The van der Waals surface area contributed by atoms with Crippen LogP contribution in [0.4, 0.5) is 0 Å². The minimum Gasteiger partial charge on any atom is -0.403 e. The molecular formula is C8H13N3OS2. The van der Waals surface area contributed by atoms with E-state index in [0.717, 1.165) is 4.21 Å². The predicted molar refractivity (Wildman–Crippen MR) is 59.7 cm³/mol. The number of aliphatic hydroxyl groups is 1. The fourth-order valence-corrected chi connectivity index (χ4v) is 2.49. The van der Waals surface area contributed by atoms with Crippen LogP contribution < -0.4 is 11.5 Å². The van der Waals surface area contributed by atoms with Crippen molar-refractivity contribution in [3.05, 3.63) is 22.4 Å². The lowest BCUT2D eigenvalue weighted by molar-refractivity contribution is 0.0783. The molecular weight excluding hydrogens is 218 g/mol. The number of hydrogen-bond donors (Lipinski definition) is 3. The van der Waals surface area contributed by atoms with Crippen LogP contribution in [0.15, 0.2) is 21.6 Å². The zero-order valence-corrected chi connectivity index (χ0v) is 9.65. The topological polar surface area (TPSA) is 85.2 Å². The monoisotopic (exact) mass is 231 g/mol. The molecule has 0 aliphatic rings. The molecule has 0 atom stereocenters. The van der Waals surface area contributed by atoms with Gasteiger partial charge in [-0.25, -0.2) is 4.98 Å². The maximum absolute atomic E-state index is 9.66. The molecule has 0 unspecified atom stereocenters. The van der Waals surface area contributed by atoms with E-state index in [1.54, 1.807) is 20.0 Å². The molecule has 0 amide bonds. The highest BCUT2D eigenvalue weighted by atomic mass is 32.2. The van der Waals surface area contributed by atoms with Gasteiger partial charge < -0.3 is 16.6 Å². The zero-order chi connectivity index (χ0) is 10.8. The summed E-state index contributed by atoms with van der Waals surface area (Å²) in [7, 11) is 0. The molecule has 0 aliphatic heterocycles. The van der Waals surface area contributed by atoms with E-state index < -0.39 is 5.60 Å². The van der Waals surface area contributed by atoms with Gasteiger partial charge in [0.15, 0.2) is 0 Å². The molecule has 0 saturated carbocycles. The number of rotatable bonds is 3. The highest BCUT2D eigenvalue weighted by Crippen LogP contribution is 2.32. The third kappa shape index (κ3) is 2.90. The second-order valence-electron chi connectivity index (χ2n) is 3.21. The Bertz CT molecular complexity index is 341. The van der Waals surface area contributed by atoms with Gasteiger partial charge in [-0.2, -0.15) is 0 Å². The van der Waals surface area contributed by atoms with E-state index in [1.165, 1.54) is 29.3 Å². The molecule has 1 aromatic heterocycles. The van der Waals surface area contributed by atoms with Crippen LogP contribution in [0.3, 0.4) is 0 Å². The largest absolute Gasteiger partial charge is 0.403 e. The Labute approximate surface area is 91.0 Å². The number of thiazole rings is 1. The molecule has 0 spiro atoms. The van der Waals surface area contributed by atoms with Crippen molar-refractivity contribution in [3.8, 4) is 0 Å². The van der Waals surface area contributed by atoms with E-state index in [0.29, 0.717) is 10.0 Å². The van der Waals surface area contributed by atoms with Gasteiger partial charge in [0.05, 0.1) is 15.4 Å². The minimum absolute atomic E-state index is 0.524. The second kappa shape index (κ2) is 4.20. The normalized spacial score (nSPS) is 13.2. The fourth-order valence-electron chi connectivity index (χ4n) is 0.740. The molecule has 0 saturated heterocycles. The second-order valence-corrected chi connectivity index (χ2v) is 5.62. The smallest absolute Gasteiger partial charge is 0.125 e. The molecule has 0 fully saturated rings. The summed E-state index contributed by atoms with van der Waals surface area (Å²) in [6, 6.07) is 0. The van der Waals surface area contributed by atoms with Crippen molar-refractivity contribution in [2.24, 2.45) is 11.5 Å². The van der Waals surface area contributed by atoms with Crippen LogP contribution >= 0.6 is 23.1 Å². The van der Waals surface area contributed by atoms with Crippen LogP contribution in [0, 0.1) is 0 Å². The van der Waals surface area contributed by atoms with Crippen molar-refractivity contribution in [3.63, 3.8) is 0 Å². The first-order chi connectivity index (χ1) is 6.43. The van der Waals surface area contributed by atoms with Crippen molar-refractivity contribution in [2.45, 2.75) is 23.7 Å². The summed E-state index contributed by atoms with van der Waals surface area (Å²) in [6.45, 7) is 3.39. The van der Waals surface area contributed by atoms with E-state index in [-0.39, 0.29) is 0 Å². The number of hydrogen-bond acceptors (Lipinski definition) is 6. The van der Waals surface area contributed by atoms with Gasteiger partial charge in [-0.3, -0.25) is 0 Å². The highest BCUT2D eigenvalue weighted by molar-refractivity contribution is 8.04. The van der Waals surface area contributed by atoms with Gasteiger partial charge in [0, 0.05) is 6.20 Å². The summed E-state index contributed by atoms with van der Waals surface area (Å²) < 4.78 is 0.918. The van der Waals surface area contributed by atoms with Crippen molar-refractivity contribution < 1.29 is 5.11 Å². The average molecular weight is 231 g/mol. The summed E-state index contributed by atoms with van der Waals surface area (Å²) in [4.78, 5) is 4.10. The molecule has 0 radical (unpaired) electrons. The lowest BCUT2D eigenvalue weighted by atomic mass is 10.2. The van der Waals surface area contributed by atoms with E-state index in [2.05, 4.69) is 4.98 Å². The van der Waals surface area contributed by atoms with Crippen LogP contribution in [-0.2, 0) is 5.60 Å². The Morgan fingerprint density at radius 3 is 2.79 bits per heavy atom. The molecule has 1 heterocycles. The van der Waals surface area contributed by atoms with Gasteiger partial charge in [0.2, 0.25) is 0 Å². The number of aromatic nitrogens is 1. The fraction of sp³-hybridized carbons (Fsp3) is 0.375. The van der Waals surface area contributed by atoms with Crippen molar-refractivity contribution >= 4 is 23.1 Å². The Balaban J connectivity index is 2.79. The Morgan fingerprint density at radius 1 is 1.71 bits per heavy atom. The predicted octanol–water partition coefficient (Wildman–Crippen LogP) is 1.18. The Morgan fingerprint density at radius 2 is 2.36 bits per heavy atom. The molecule has 0 aliphatic carbocycles. The van der Waals surface area contributed by atoms with E-state index in [4.69, 9.17) is 11.5 Å². The lowest BCUT2D eigenvalue weighted by Gasteiger charge is -2.12. The Hall–Kier alpha value is -0.720. The first-order valence-corrected chi connectivity index (χ1v) is 5.60. The summed E-state index contributed by atoms with van der Waals surface area (Å²) in [5.41, 5.74) is 9.88. The SMILES string of the molecule is CC(C)(O)c1ncc(S/C(N)=C/N)s1. The molecule has 14 heavy (non-hydrogen) atoms. The minimum atomic E-state index is -0.898. The van der Waals surface area contributed by atoms with Gasteiger partial charge in [0.1, 0.15) is 10.6 Å². The third-order valence-corrected chi connectivity index (χ3v) is 3.67. The van der Waals surface area contributed by atoms with Crippen LogP contribution in [0.1, 0.15) is 18.9 Å².